The van der Waals surface area contributed by atoms with Gasteiger partial charge in [-0.2, -0.15) is 0 Å². The smallest absolute Gasteiger partial charge is 0.270 e. The molecule has 158 valence electrons. The van der Waals surface area contributed by atoms with E-state index < -0.39 is 4.92 Å². The van der Waals surface area contributed by atoms with Crippen molar-refractivity contribution in [2.24, 2.45) is 0 Å². The van der Waals surface area contributed by atoms with Crippen LogP contribution in [0.25, 0.3) is 6.08 Å². The highest BCUT2D eigenvalue weighted by Crippen LogP contribution is 2.43. The minimum atomic E-state index is -0.454. The summed E-state index contributed by atoms with van der Waals surface area (Å²) in [6, 6.07) is 12.1. The number of non-ortho nitro benzene ring substituents is 1. The van der Waals surface area contributed by atoms with Crippen molar-refractivity contribution in [3.63, 3.8) is 0 Å². The number of nitro groups is 1. The zero-order valence-electron chi connectivity index (χ0n) is 17.2. The van der Waals surface area contributed by atoms with Gasteiger partial charge in [-0.15, -0.1) is 0 Å². The van der Waals surface area contributed by atoms with Gasteiger partial charge < -0.3 is 14.8 Å². The Kier molecular flexibility index (Phi) is 6.72. The van der Waals surface area contributed by atoms with Gasteiger partial charge in [0.05, 0.1) is 19.1 Å². The first-order valence-electron chi connectivity index (χ1n) is 9.90. The molecule has 0 heterocycles. The molecule has 1 aliphatic rings. The molecule has 7 nitrogen and oxygen atoms in total. The van der Waals surface area contributed by atoms with Gasteiger partial charge in [-0.05, 0) is 42.2 Å². The standard InChI is InChI=1S/C23H26N2O5/c1-29-20-10-9-18(15-21(20)30-2)23(12-3-4-13-23)16-24-22(26)11-8-17-6-5-7-19(14-17)25(27)28/h5-11,14-15H,3-4,12-13,16H2,1-2H3,(H,24,26)/b11-8+. The molecule has 30 heavy (non-hydrogen) atoms. The highest BCUT2D eigenvalue weighted by Gasteiger charge is 2.36. The van der Waals surface area contributed by atoms with Crippen molar-refractivity contribution in [1.29, 1.82) is 0 Å². The number of nitro benzene ring substituents is 1. The Labute approximate surface area is 175 Å². The van der Waals surface area contributed by atoms with Gasteiger partial charge >= 0.3 is 0 Å². The van der Waals surface area contributed by atoms with E-state index in [0.717, 1.165) is 31.2 Å². The van der Waals surface area contributed by atoms with Gasteiger partial charge in [-0.3, -0.25) is 14.9 Å². The molecule has 1 N–H and O–H groups in total. The summed E-state index contributed by atoms with van der Waals surface area (Å²) in [4.78, 5) is 22.8. The number of nitrogens with one attached hydrogen (secondary N) is 1. The second-order valence-corrected chi connectivity index (χ2v) is 7.46. The van der Waals surface area contributed by atoms with Crippen molar-refractivity contribution in [1.82, 2.24) is 5.32 Å². The van der Waals surface area contributed by atoms with Crippen LogP contribution in [0.2, 0.25) is 0 Å². The highest BCUT2D eigenvalue weighted by atomic mass is 16.6. The molecule has 0 bridgehead atoms. The monoisotopic (exact) mass is 410 g/mol. The molecule has 7 heteroatoms. The zero-order valence-corrected chi connectivity index (χ0v) is 17.2. The molecule has 0 aliphatic heterocycles. The van der Waals surface area contributed by atoms with Crippen molar-refractivity contribution in [3.05, 3.63) is 69.8 Å². The fraction of sp³-hybridized carbons (Fsp3) is 0.348. The van der Waals surface area contributed by atoms with E-state index in [4.69, 9.17) is 9.47 Å². The van der Waals surface area contributed by atoms with Crippen LogP contribution in [-0.2, 0) is 10.2 Å². The number of benzene rings is 2. The molecule has 3 rings (SSSR count). The third kappa shape index (κ3) is 4.79. The molecule has 1 amide bonds. The first-order chi connectivity index (χ1) is 14.5. The first-order valence-corrected chi connectivity index (χ1v) is 9.90. The summed E-state index contributed by atoms with van der Waals surface area (Å²) < 4.78 is 10.8. The van der Waals surface area contributed by atoms with E-state index in [1.165, 1.54) is 18.2 Å². The third-order valence-corrected chi connectivity index (χ3v) is 5.67. The van der Waals surface area contributed by atoms with Gasteiger partial charge in [0.2, 0.25) is 5.91 Å². The Balaban J connectivity index is 1.71. The molecule has 2 aromatic rings. The van der Waals surface area contributed by atoms with E-state index in [1.807, 2.05) is 18.2 Å². The average Bonchev–Trinajstić information content (AvgIpc) is 3.26. The number of amides is 1. The maximum Gasteiger partial charge on any atom is 0.270 e. The van der Waals surface area contributed by atoms with Crippen molar-refractivity contribution >= 4 is 17.7 Å². The van der Waals surface area contributed by atoms with Gasteiger partial charge in [0.25, 0.3) is 5.69 Å². The molecule has 1 fully saturated rings. The minimum absolute atomic E-state index is 0.00378. The number of methoxy groups -OCH3 is 2. The Morgan fingerprint density at radius 1 is 1.13 bits per heavy atom. The van der Waals surface area contributed by atoms with Gasteiger partial charge in [-0.25, -0.2) is 0 Å². The summed E-state index contributed by atoms with van der Waals surface area (Å²) in [5, 5.41) is 13.9. The van der Waals surface area contributed by atoms with E-state index in [1.54, 1.807) is 32.4 Å². The fourth-order valence-corrected chi connectivity index (χ4v) is 4.01. The topological polar surface area (TPSA) is 90.7 Å². The summed E-state index contributed by atoms with van der Waals surface area (Å²) in [5.74, 6) is 1.13. The Hall–Kier alpha value is -3.35. The molecular formula is C23H26N2O5. The predicted octanol–water partition coefficient (Wildman–Crippen LogP) is 4.25. The lowest BCUT2D eigenvalue weighted by Crippen LogP contribution is -2.38. The second-order valence-electron chi connectivity index (χ2n) is 7.46. The van der Waals surface area contributed by atoms with Crippen LogP contribution < -0.4 is 14.8 Å². The normalized spacial score (nSPS) is 15.1. The Morgan fingerprint density at radius 2 is 1.87 bits per heavy atom. The number of carbonyl (C=O) groups excluding carboxylic acids is 1. The summed E-state index contributed by atoms with van der Waals surface area (Å²) in [5.41, 5.74) is 1.58. The van der Waals surface area contributed by atoms with Crippen LogP contribution in [0, 0.1) is 10.1 Å². The van der Waals surface area contributed by atoms with Crippen LogP contribution in [0.15, 0.2) is 48.5 Å². The van der Waals surface area contributed by atoms with Gasteiger partial charge in [0.15, 0.2) is 11.5 Å². The lowest BCUT2D eigenvalue weighted by molar-refractivity contribution is -0.384. The minimum Gasteiger partial charge on any atom is -0.493 e. The number of nitrogens with zero attached hydrogens (tertiary/aromatic N) is 1. The van der Waals surface area contributed by atoms with E-state index in [-0.39, 0.29) is 17.0 Å². The summed E-state index contributed by atoms with van der Waals surface area (Å²) >= 11 is 0. The van der Waals surface area contributed by atoms with Crippen LogP contribution in [0.5, 0.6) is 11.5 Å². The third-order valence-electron chi connectivity index (χ3n) is 5.67. The Bertz CT molecular complexity index is 948. The van der Waals surface area contributed by atoms with Crippen molar-refractivity contribution in [2.75, 3.05) is 20.8 Å². The average molecular weight is 410 g/mol. The number of carbonyl (C=O) groups is 1. The van der Waals surface area contributed by atoms with Crippen molar-refractivity contribution in [2.45, 2.75) is 31.1 Å². The van der Waals surface area contributed by atoms with Gasteiger partial charge in [0.1, 0.15) is 0 Å². The molecule has 1 saturated carbocycles. The zero-order chi connectivity index (χ0) is 21.6. The SMILES string of the molecule is COc1ccc(C2(CNC(=O)/C=C/c3cccc([N+](=O)[O-])c3)CCCC2)cc1OC. The van der Waals surface area contributed by atoms with E-state index in [2.05, 4.69) is 5.32 Å². The second kappa shape index (κ2) is 9.43. The number of ether oxygens (including phenoxy) is 2. The summed E-state index contributed by atoms with van der Waals surface area (Å²) in [6.45, 7) is 0.514. The molecule has 2 aromatic carbocycles. The molecule has 0 saturated heterocycles. The molecular weight excluding hydrogens is 384 g/mol. The molecule has 0 aromatic heterocycles. The lowest BCUT2D eigenvalue weighted by Gasteiger charge is -2.30. The van der Waals surface area contributed by atoms with Crippen molar-refractivity contribution < 1.29 is 19.2 Å². The molecule has 1 aliphatic carbocycles. The van der Waals surface area contributed by atoms with Gasteiger partial charge in [-0.1, -0.05) is 31.0 Å². The molecule has 0 radical (unpaired) electrons. The number of hydrogen-bond donors (Lipinski definition) is 1. The number of hydrogen-bond acceptors (Lipinski definition) is 5. The van der Waals surface area contributed by atoms with Gasteiger partial charge in [0, 0.05) is 30.2 Å². The van der Waals surface area contributed by atoms with E-state index in [9.17, 15) is 14.9 Å². The van der Waals surface area contributed by atoms with Crippen LogP contribution in [0.4, 0.5) is 5.69 Å². The molecule has 0 spiro atoms. The first kappa shape index (κ1) is 21.4. The maximum absolute atomic E-state index is 12.4. The van der Waals surface area contributed by atoms with Crippen LogP contribution in [0.3, 0.4) is 0 Å². The molecule has 0 atom stereocenters. The maximum atomic E-state index is 12.4. The number of rotatable bonds is 8. The Morgan fingerprint density at radius 3 is 2.53 bits per heavy atom. The van der Waals surface area contributed by atoms with E-state index in [0.29, 0.717) is 23.6 Å². The van der Waals surface area contributed by atoms with Crippen LogP contribution in [0.1, 0.15) is 36.8 Å². The van der Waals surface area contributed by atoms with E-state index >= 15 is 0 Å². The van der Waals surface area contributed by atoms with Crippen LogP contribution in [-0.4, -0.2) is 31.6 Å². The predicted molar refractivity (Wildman–Crippen MR) is 115 cm³/mol. The largest absolute Gasteiger partial charge is 0.493 e. The van der Waals surface area contributed by atoms with Crippen molar-refractivity contribution in [3.8, 4) is 11.5 Å². The summed E-state index contributed by atoms with van der Waals surface area (Å²) in [6.07, 6.45) is 7.17. The molecule has 0 unspecified atom stereocenters. The highest BCUT2D eigenvalue weighted by molar-refractivity contribution is 5.91. The van der Waals surface area contributed by atoms with Crippen LogP contribution >= 0.6 is 0 Å². The lowest BCUT2D eigenvalue weighted by atomic mass is 9.78. The quantitative estimate of drug-likeness (QED) is 0.399. The fourth-order valence-electron chi connectivity index (χ4n) is 4.01. The summed E-state index contributed by atoms with van der Waals surface area (Å²) in [7, 11) is 3.22.